The van der Waals surface area contributed by atoms with Gasteiger partial charge >= 0.3 is 0 Å². The van der Waals surface area contributed by atoms with Crippen LogP contribution in [0.15, 0.2) is 60.3 Å². The first-order valence-electron chi connectivity index (χ1n) is 5.71. The van der Waals surface area contributed by atoms with E-state index in [1.54, 1.807) is 0 Å². The molecule has 1 N–H and O–H groups in total. The van der Waals surface area contributed by atoms with E-state index in [0.717, 1.165) is 11.3 Å². The molecular weight excluding hydrogens is 246 g/mol. The first kappa shape index (κ1) is 14.3. The minimum Gasteiger partial charge on any atom is -0.332 e. The Bertz CT molecular complexity index is 461. The second-order valence-corrected chi connectivity index (χ2v) is 4.01. The Morgan fingerprint density at radius 2 is 2.06 bits per heavy atom. The maximum Gasteiger partial charge on any atom is 0.211 e. The van der Waals surface area contributed by atoms with Gasteiger partial charge in [-0.15, -0.1) is 0 Å². The molecule has 0 heterocycles. The average Bonchev–Trinajstić information content (AvgIpc) is 2.42. The summed E-state index contributed by atoms with van der Waals surface area (Å²) in [6, 6.07) is 9.71. The van der Waals surface area contributed by atoms with Crippen molar-refractivity contribution in [2.75, 3.05) is 0 Å². The molecular formula is C15H16ClNO. The van der Waals surface area contributed by atoms with E-state index < -0.39 is 0 Å². The first-order valence-corrected chi connectivity index (χ1v) is 6.09. The average molecular weight is 262 g/mol. The van der Waals surface area contributed by atoms with Gasteiger partial charge in [0.1, 0.15) is 0 Å². The van der Waals surface area contributed by atoms with Crippen molar-refractivity contribution >= 4 is 23.0 Å². The third-order valence-electron chi connectivity index (χ3n) is 2.28. The topological polar surface area (TPSA) is 29.1 Å². The van der Waals surface area contributed by atoms with Gasteiger partial charge in [0.15, 0.2) is 0 Å². The predicted molar refractivity (Wildman–Crippen MR) is 77.0 cm³/mol. The van der Waals surface area contributed by atoms with E-state index in [4.69, 9.17) is 11.6 Å². The molecule has 0 aliphatic heterocycles. The minimum absolute atomic E-state index is 0.580. The van der Waals surface area contributed by atoms with Gasteiger partial charge in [0.05, 0.1) is 0 Å². The summed E-state index contributed by atoms with van der Waals surface area (Å²) < 4.78 is 0. The van der Waals surface area contributed by atoms with Gasteiger partial charge in [0.25, 0.3) is 0 Å². The summed E-state index contributed by atoms with van der Waals surface area (Å²) in [6.45, 7) is 1.92. The van der Waals surface area contributed by atoms with Crippen molar-refractivity contribution in [2.45, 2.75) is 13.3 Å². The largest absolute Gasteiger partial charge is 0.332 e. The zero-order chi connectivity index (χ0) is 13.2. The molecule has 3 heteroatoms. The lowest BCUT2D eigenvalue weighted by molar-refractivity contribution is -0.108. The van der Waals surface area contributed by atoms with Crippen molar-refractivity contribution in [3.8, 4) is 0 Å². The number of carbonyl (C=O) groups excluding carboxylic acids is 1. The number of hydrogen-bond donors (Lipinski definition) is 1. The van der Waals surface area contributed by atoms with Gasteiger partial charge in [-0.2, -0.15) is 0 Å². The van der Waals surface area contributed by atoms with Gasteiger partial charge in [-0.1, -0.05) is 60.2 Å². The van der Waals surface area contributed by atoms with E-state index in [1.807, 2.05) is 61.6 Å². The molecule has 2 nitrogen and oxygen atoms in total. The molecule has 1 amide bonds. The van der Waals surface area contributed by atoms with Crippen LogP contribution in [0.5, 0.6) is 0 Å². The van der Waals surface area contributed by atoms with Gasteiger partial charge in [-0.3, -0.25) is 4.79 Å². The molecule has 0 bridgehead atoms. The monoisotopic (exact) mass is 261 g/mol. The summed E-state index contributed by atoms with van der Waals surface area (Å²) in [6.07, 6.45) is 8.74. The smallest absolute Gasteiger partial charge is 0.211 e. The van der Waals surface area contributed by atoms with Crippen LogP contribution in [0.4, 0.5) is 0 Å². The number of nitrogens with one attached hydrogen (secondary N) is 1. The van der Waals surface area contributed by atoms with Gasteiger partial charge in [-0.05, 0) is 18.6 Å². The van der Waals surface area contributed by atoms with E-state index in [9.17, 15) is 4.79 Å². The van der Waals surface area contributed by atoms with Crippen molar-refractivity contribution in [1.82, 2.24) is 5.32 Å². The Balaban J connectivity index is 2.74. The summed E-state index contributed by atoms with van der Waals surface area (Å²) in [7, 11) is 0. The van der Waals surface area contributed by atoms with Crippen LogP contribution in [0.2, 0.25) is 0 Å². The maximum atomic E-state index is 10.5. The number of carbonyl (C=O) groups is 1. The second kappa shape index (κ2) is 8.31. The van der Waals surface area contributed by atoms with Crippen LogP contribution in [0, 0.1) is 0 Å². The molecule has 94 valence electrons. The maximum absolute atomic E-state index is 10.5. The number of rotatable bonds is 6. The van der Waals surface area contributed by atoms with E-state index in [2.05, 4.69) is 5.32 Å². The Hall–Kier alpha value is -1.80. The standard InChI is InChI=1S/C15H16ClNO/c1-2-3-9-14(17-12-18)10-11-15(16)13-7-5-4-6-8-13/h2-9,11-12H,10H2,1H3,(H,17,18)/b3-2-,14-9-,15-11+. The number of amides is 1. The molecule has 0 unspecified atom stereocenters. The summed E-state index contributed by atoms with van der Waals surface area (Å²) in [5.74, 6) is 0. The molecule has 0 aromatic heterocycles. The molecule has 0 aliphatic carbocycles. The second-order valence-electron chi connectivity index (χ2n) is 3.60. The molecule has 0 saturated carbocycles. The van der Waals surface area contributed by atoms with E-state index in [-0.39, 0.29) is 0 Å². The zero-order valence-electron chi connectivity index (χ0n) is 10.3. The van der Waals surface area contributed by atoms with Gasteiger partial charge in [-0.25, -0.2) is 0 Å². The number of benzene rings is 1. The Kier molecular flexibility index (Phi) is 6.59. The highest BCUT2D eigenvalue weighted by Gasteiger charge is 1.97. The van der Waals surface area contributed by atoms with Gasteiger partial charge in [0, 0.05) is 17.2 Å². The third kappa shape index (κ3) is 5.02. The molecule has 0 atom stereocenters. The molecule has 0 spiro atoms. The minimum atomic E-state index is 0.580. The van der Waals surface area contributed by atoms with Crippen molar-refractivity contribution in [1.29, 1.82) is 0 Å². The predicted octanol–water partition coefficient (Wildman–Crippen LogP) is 3.86. The SMILES string of the molecule is C/C=C\C=C(\C/C=C(/Cl)c1ccccc1)NC=O. The number of hydrogen-bond acceptors (Lipinski definition) is 1. The summed E-state index contributed by atoms with van der Waals surface area (Å²) in [5, 5.41) is 3.33. The molecule has 1 aromatic rings. The zero-order valence-corrected chi connectivity index (χ0v) is 11.0. The molecule has 0 saturated heterocycles. The third-order valence-corrected chi connectivity index (χ3v) is 2.66. The van der Waals surface area contributed by atoms with Crippen molar-refractivity contribution < 1.29 is 4.79 Å². The molecule has 1 aromatic carbocycles. The summed E-state index contributed by atoms with van der Waals surface area (Å²) >= 11 is 6.18. The van der Waals surface area contributed by atoms with Crippen LogP contribution in [0.1, 0.15) is 18.9 Å². The first-order chi connectivity index (χ1) is 8.77. The lowest BCUT2D eigenvalue weighted by atomic mass is 10.2. The quantitative estimate of drug-likeness (QED) is 0.611. The van der Waals surface area contributed by atoms with Crippen LogP contribution in [0.25, 0.3) is 5.03 Å². The summed E-state index contributed by atoms with van der Waals surface area (Å²) in [4.78, 5) is 10.5. The van der Waals surface area contributed by atoms with Gasteiger partial charge < -0.3 is 5.32 Å². The Morgan fingerprint density at radius 3 is 2.67 bits per heavy atom. The van der Waals surface area contributed by atoms with Crippen LogP contribution >= 0.6 is 11.6 Å². The van der Waals surface area contributed by atoms with E-state index in [0.29, 0.717) is 17.9 Å². The fourth-order valence-electron chi connectivity index (χ4n) is 1.38. The molecule has 0 fully saturated rings. The highest BCUT2D eigenvalue weighted by atomic mass is 35.5. The van der Waals surface area contributed by atoms with E-state index in [1.165, 1.54) is 0 Å². The van der Waals surface area contributed by atoms with Gasteiger partial charge in [0.2, 0.25) is 6.41 Å². The number of allylic oxidation sites excluding steroid dienone is 4. The summed E-state index contributed by atoms with van der Waals surface area (Å²) in [5.41, 5.74) is 1.77. The molecule has 0 radical (unpaired) electrons. The lowest BCUT2D eigenvalue weighted by Gasteiger charge is -2.03. The lowest BCUT2D eigenvalue weighted by Crippen LogP contribution is -2.09. The van der Waals surface area contributed by atoms with Crippen molar-refractivity contribution in [3.05, 3.63) is 65.9 Å². The van der Waals surface area contributed by atoms with Crippen LogP contribution in [-0.4, -0.2) is 6.41 Å². The molecule has 18 heavy (non-hydrogen) atoms. The van der Waals surface area contributed by atoms with Crippen LogP contribution < -0.4 is 5.32 Å². The van der Waals surface area contributed by atoms with Crippen LogP contribution in [0.3, 0.4) is 0 Å². The Morgan fingerprint density at radius 1 is 1.33 bits per heavy atom. The highest BCUT2D eigenvalue weighted by Crippen LogP contribution is 2.19. The van der Waals surface area contributed by atoms with Crippen molar-refractivity contribution in [2.24, 2.45) is 0 Å². The molecule has 0 aliphatic rings. The highest BCUT2D eigenvalue weighted by molar-refractivity contribution is 6.48. The fraction of sp³-hybridized carbons (Fsp3) is 0.133. The van der Waals surface area contributed by atoms with Crippen molar-refractivity contribution in [3.63, 3.8) is 0 Å². The van der Waals surface area contributed by atoms with Crippen LogP contribution in [-0.2, 0) is 4.79 Å². The number of halogens is 1. The Labute approximate surface area is 113 Å². The fourth-order valence-corrected chi connectivity index (χ4v) is 1.58. The van der Waals surface area contributed by atoms with E-state index >= 15 is 0 Å². The molecule has 1 rings (SSSR count). The normalized spacial score (nSPS) is 12.8.